The molecule has 1 rings (SSSR count). The summed E-state index contributed by atoms with van der Waals surface area (Å²) in [5, 5.41) is 0. The predicted octanol–water partition coefficient (Wildman–Crippen LogP) is -0.670. The molecule has 1 heterocycles. The van der Waals surface area contributed by atoms with E-state index in [4.69, 9.17) is 19.8 Å². The Morgan fingerprint density at radius 1 is 1.31 bits per heavy atom. The van der Waals surface area contributed by atoms with E-state index in [1.165, 1.54) is 0 Å². The Kier molecular flexibility index (Phi) is 5.09. The van der Waals surface area contributed by atoms with Crippen LogP contribution in [0.2, 0.25) is 0 Å². The molecule has 3 N–H and O–H groups in total. The molecule has 0 radical (unpaired) electrons. The van der Waals surface area contributed by atoms with Gasteiger partial charge in [0.05, 0.1) is 19.8 Å². The summed E-state index contributed by atoms with van der Waals surface area (Å²) in [6.45, 7) is 1.40. The van der Waals surface area contributed by atoms with Crippen molar-refractivity contribution in [1.82, 2.24) is 0 Å². The van der Waals surface area contributed by atoms with Crippen molar-refractivity contribution < 1.29 is 26.6 Å². The summed E-state index contributed by atoms with van der Waals surface area (Å²) < 4.78 is 43.1. The lowest BCUT2D eigenvalue weighted by Gasteiger charge is -2.32. The van der Waals surface area contributed by atoms with E-state index in [9.17, 15) is 8.42 Å². The Bertz CT molecular complexity index is 298. The molecule has 0 aliphatic carbocycles. The normalized spacial score (nSPS) is 20.9. The zero-order valence-corrected chi connectivity index (χ0v) is 9.74. The molecule has 1 aliphatic heterocycles. The number of ether oxygens (including phenoxy) is 2. The average molecular weight is 255 g/mol. The molecule has 0 aromatic rings. The van der Waals surface area contributed by atoms with E-state index in [0.29, 0.717) is 32.7 Å². The Hall–Kier alpha value is -0.250. The van der Waals surface area contributed by atoms with Crippen LogP contribution in [0, 0.1) is 0 Å². The first-order valence-corrected chi connectivity index (χ1v) is 6.34. The maximum absolute atomic E-state index is 10.2. The van der Waals surface area contributed by atoms with Crippen LogP contribution in [-0.2, 0) is 24.1 Å². The van der Waals surface area contributed by atoms with Gasteiger partial charge in [-0.3, -0.25) is 4.55 Å². The largest absolute Gasteiger partial charge is 0.397 e. The lowest BCUT2D eigenvalue weighted by molar-refractivity contribution is -0.00115. The van der Waals surface area contributed by atoms with Crippen molar-refractivity contribution >= 4 is 10.4 Å². The summed E-state index contributed by atoms with van der Waals surface area (Å²) in [5.41, 5.74) is 5.61. The van der Waals surface area contributed by atoms with Crippen LogP contribution < -0.4 is 5.73 Å². The molecule has 0 atom stereocenters. The predicted molar refractivity (Wildman–Crippen MR) is 55.3 cm³/mol. The highest BCUT2D eigenvalue weighted by Crippen LogP contribution is 2.17. The van der Waals surface area contributed by atoms with E-state index in [1.54, 1.807) is 0 Å². The Morgan fingerprint density at radius 3 is 2.50 bits per heavy atom. The molecule has 0 saturated carbocycles. The van der Waals surface area contributed by atoms with Crippen LogP contribution in [0.25, 0.3) is 0 Å². The molecular formula is C8H17NO6S. The molecule has 1 aliphatic rings. The lowest BCUT2D eigenvalue weighted by Crippen LogP contribution is -2.49. The van der Waals surface area contributed by atoms with Crippen molar-refractivity contribution in [2.45, 2.75) is 18.4 Å². The second-order valence-electron chi connectivity index (χ2n) is 3.78. The van der Waals surface area contributed by atoms with E-state index < -0.39 is 15.9 Å². The van der Waals surface area contributed by atoms with Crippen molar-refractivity contribution in [3.8, 4) is 0 Å². The van der Waals surface area contributed by atoms with Gasteiger partial charge in [-0.25, -0.2) is 4.18 Å². The zero-order chi connectivity index (χ0) is 12.1. The van der Waals surface area contributed by atoms with Crippen molar-refractivity contribution in [2.24, 2.45) is 5.73 Å². The summed E-state index contributed by atoms with van der Waals surface area (Å²) in [6, 6.07) is 0. The molecule has 1 fully saturated rings. The molecule has 7 nitrogen and oxygen atoms in total. The highest BCUT2D eigenvalue weighted by atomic mass is 32.3. The van der Waals surface area contributed by atoms with Crippen LogP contribution in [0.3, 0.4) is 0 Å². The number of hydrogen-bond acceptors (Lipinski definition) is 6. The minimum atomic E-state index is -4.38. The highest BCUT2D eigenvalue weighted by Gasteiger charge is 2.28. The zero-order valence-electron chi connectivity index (χ0n) is 8.92. The Balaban J connectivity index is 2.10. The van der Waals surface area contributed by atoms with E-state index >= 15 is 0 Å². The number of hydrogen-bond donors (Lipinski definition) is 2. The summed E-state index contributed by atoms with van der Waals surface area (Å²) in [6.07, 6.45) is 1.43. The molecule has 96 valence electrons. The van der Waals surface area contributed by atoms with Crippen molar-refractivity contribution in [3.63, 3.8) is 0 Å². The van der Waals surface area contributed by atoms with E-state index in [2.05, 4.69) is 4.18 Å². The van der Waals surface area contributed by atoms with Crippen LogP contribution >= 0.6 is 0 Å². The fourth-order valence-corrected chi connectivity index (χ4v) is 1.67. The second-order valence-corrected chi connectivity index (χ2v) is 4.87. The van der Waals surface area contributed by atoms with Crippen LogP contribution in [0.1, 0.15) is 12.8 Å². The Morgan fingerprint density at radius 2 is 1.94 bits per heavy atom. The number of nitrogens with two attached hydrogens (primary N) is 1. The first kappa shape index (κ1) is 13.8. The summed E-state index contributed by atoms with van der Waals surface area (Å²) in [4.78, 5) is 0. The van der Waals surface area contributed by atoms with Gasteiger partial charge in [0.25, 0.3) is 0 Å². The van der Waals surface area contributed by atoms with Gasteiger partial charge in [-0.1, -0.05) is 0 Å². The summed E-state index contributed by atoms with van der Waals surface area (Å²) >= 11 is 0. The SMILES string of the molecule is NC1(COCCOS(=O)(=O)O)CCOCC1. The monoisotopic (exact) mass is 255 g/mol. The van der Waals surface area contributed by atoms with Gasteiger partial charge < -0.3 is 15.2 Å². The molecule has 0 aromatic carbocycles. The third-order valence-electron chi connectivity index (χ3n) is 2.34. The molecule has 1 saturated heterocycles. The molecule has 16 heavy (non-hydrogen) atoms. The fourth-order valence-electron chi connectivity index (χ4n) is 1.40. The quantitative estimate of drug-likeness (QED) is 0.478. The van der Waals surface area contributed by atoms with Crippen molar-refractivity contribution in [3.05, 3.63) is 0 Å². The van der Waals surface area contributed by atoms with Gasteiger partial charge in [0, 0.05) is 18.8 Å². The third-order valence-corrected chi connectivity index (χ3v) is 2.80. The summed E-state index contributed by atoms with van der Waals surface area (Å²) in [5.74, 6) is 0. The van der Waals surface area contributed by atoms with Gasteiger partial charge in [-0.05, 0) is 12.8 Å². The van der Waals surface area contributed by atoms with Crippen LogP contribution in [-0.4, -0.2) is 51.5 Å². The van der Waals surface area contributed by atoms with Crippen molar-refractivity contribution in [2.75, 3.05) is 33.0 Å². The van der Waals surface area contributed by atoms with Gasteiger partial charge in [0.2, 0.25) is 0 Å². The molecule has 0 unspecified atom stereocenters. The van der Waals surface area contributed by atoms with Gasteiger partial charge in [-0.2, -0.15) is 8.42 Å². The van der Waals surface area contributed by atoms with Crippen LogP contribution in [0.5, 0.6) is 0 Å². The van der Waals surface area contributed by atoms with Gasteiger partial charge >= 0.3 is 10.4 Å². The van der Waals surface area contributed by atoms with E-state index in [0.717, 1.165) is 0 Å². The molecular weight excluding hydrogens is 238 g/mol. The lowest BCUT2D eigenvalue weighted by atomic mass is 9.92. The molecule has 0 amide bonds. The standard InChI is InChI=1S/C8H17NO6S/c9-8(1-3-13-4-2-8)7-14-5-6-15-16(10,11)12/h1-7,9H2,(H,10,11,12). The maximum atomic E-state index is 10.2. The van der Waals surface area contributed by atoms with Gasteiger partial charge in [0.15, 0.2) is 0 Å². The smallest absolute Gasteiger partial charge is 0.381 e. The molecule has 8 heteroatoms. The minimum Gasteiger partial charge on any atom is -0.381 e. The first-order chi connectivity index (χ1) is 7.41. The van der Waals surface area contributed by atoms with Gasteiger partial charge in [-0.15, -0.1) is 0 Å². The highest BCUT2D eigenvalue weighted by molar-refractivity contribution is 7.80. The average Bonchev–Trinajstić information content (AvgIpc) is 2.16. The van der Waals surface area contributed by atoms with E-state index in [-0.39, 0.29) is 13.2 Å². The van der Waals surface area contributed by atoms with Crippen molar-refractivity contribution in [1.29, 1.82) is 0 Å². The molecule has 0 bridgehead atoms. The van der Waals surface area contributed by atoms with Crippen LogP contribution in [0.4, 0.5) is 0 Å². The minimum absolute atomic E-state index is 0.0690. The van der Waals surface area contributed by atoms with E-state index in [1.807, 2.05) is 0 Å². The Labute approximate surface area is 94.8 Å². The molecule has 0 spiro atoms. The maximum Gasteiger partial charge on any atom is 0.397 e. The second kappa shape index (κ2) is 5.89. The van der Waals surface area contributed by atoms with Gasteiger partial charge in [0.1, 0.15) is 0 Å². The summed E-state index contributed by atoms with van der Waals surface area (Å²) in [7, 11) is -4.38. The topological polar surface area (TPSA) is 108 Å². The number of rotatable bonds is 6. The first-order valence-electron chi connectivity index (χ1n) is 4.98. The molecule has 0 aromatic heterocycles. The fraction of sp³-hybridized carbons (Fsp3) is 1.00. The van der Waals surface area contributed by atoms with Crippen LogP contribution in [0.15, 0.2) is 0 Å². The third kappa shape index (κ3) is 5.73.